The summed E-state index contributed by atoms with van der Waals surface area (Å²) in [4.78, 5) is 32.3. The minimum atomic E-state index is -0.242. The molecule has 1 aliphatic rings. The number of amides is 1. The molecule has 3 aromatic rings. The maximum Gasteiger partial charge on any atom is 0.261 e. The topological polar surface area (TPSA) is 73.7 Å². The molecule has 4 rings (SSSR count). The van der Waals surface area contributed by atoms with E-state index in [1.807, 2.05) is 30.3 Å². The molecule has 7 nitrogen and oxygen atoms in total. The van der Waals surface area contributed by atoms with Crippen molar-refractivity contribution in [2.45, 2.75) is 32.0 Å². The Morgan fingerprint density at radius 2 is 2.16 bits per heavy atom. The van der Waals surface area contributed by atoms with Gasteiger partial charge in [0.25, 0.3) is 5.56 Å². The average molecular weight is 486 g/mol. The van der Waals surface area contributed by atoms with E-state index >= 15 is 0 Å². The average Bonchev–Trinajstić information content (AvgIpc) is 3.29. The third-order valence-corrected chi connectivity index (χ3v) is 5.94. The van der Waals surface area contributed by atoms with Crippen LogP contribution in [0.2, 0.25) is 0 Å². The summed E-state index contributed by atoms with van der Waals surface area (Å²) in [5.74, 6) is 0.557. The molecule has 8 heteroatoms. The van der Waals surface area contributed by atoms with Gasteiger partial charge >= 0.3 is 0 Å². The number of fused-ring (bicyclic) bond motifs is 1. The number of methoxy groups -OCH3 is 1. The predicted molar refractivity (Wildman–Crippen MR) is 121 cm³/mol. The number of carbonyl (C=O) groups excluding carboxylic acids is 1. The number of para-hydroxylation sites is 1. The van der Waals surface area contributed by atoms with Crippen molar-refractivity contribution < 1.29 is 14.3 Å². The molecule has 0 aliphatic carbocycles. The van der Waals surface area contributed by atoms with E-state index < -0.39 is 0 Å². The van der Waals surface area contributed by atoms with Crippen molar-refractivity contribution >= 4 is 32.7 Å². The van der Waals surface area contributed by atoms with E-state index in [9.17, 15) is 9.59 Å². The lowest BCUT2D eigenvalue weighted by molar-refractivity contribution is -0.134. The molecule has 162 valence electrons. The van der Waals surface area contributed by atoms with Gasteiger partial charge in [0.05, 0.1) is 30.4 Å². The third-order valence-electron chi connectivity index (χ3n) is 5.45. The zero-order chi connectivity index (χ0) is 21.8. The molecule has 31 heavy (non-hydrogen) atoms. The molecule has 0 N–H and O–H groups in total. The van der Waals surface area contributed by atoms with Crippen molar-refractivity contribution in [3.63, 3.8) is 0 Å². The Morgan fingerprint density at radius 3 is 2.94 bits per heavy atom. The standard InChI is InChI=1S/C23H24BrN3O4/c1-30-21-7-3-2-5-16(21)12-26(13-18-6-4-10-31-18)22(28)14-27-15-25-20-9-8-17(24)11-19(20)23(27)29/h2-3,5,7-9,11,15,18H,4,6,10,12-14H2,1H3. The van der Waals surface area contributed by atoms with Crippen molar-refractivity contribution in [2.24, 2.45) is 0 Å². The molecule has 2 heterocycles. The molecule has 1 saturated heterocycles. The molecule has 1 unspecified atom stereocenters. The number of benzene rings is 2. The maximum atomic E-state index is 13.3. The van der Waals surface area contributed by atoms with Gasteiger partial charge in [-0.15, -0.1) is 0 Å². The van der Waals surface area contributed by atoms with Crippen molar-refractivity contribution in [1.29, 1.82) is 0 Å². The summed E-state index contributed by atoms with van der Waals surface area (Å²) in [5.41, 5.74) is 1.26. The number of nitrogens with zero attached hydrogens (tertiary/aromatic N) is 3. The van der Waals surface area contributed by atoms with Gasteiger partial charge < -0.3 is 14.4 Å². The van der Waals surface area contributed by atoms with Gasteiger partial charge in [0.1, 0.15) is 12.3 Å². The van der Waals surface area contributed by atoms with Crippen molar-refractivity contribution in [3.8, 4) is 5.75 Å². The lowest BCUT2D eigenvalue weighted by atomic mass is 10.1. The highest BCUT2D eigenvalue weighted by atomic mass is 79.9. The van der Waals surface area contributed by atoms with Gasteiger partial charge in [0, 0.05) is 29.7 Å². The molecular weight excluding hydrogens is 462 g/mol. The first-order valence-electron chi connectivity index (χ1n) is 10.2. The minimum Gasteiger partial charge on any atom is -0.496 e. The van der Waals surface area contributed by atoms with Gasteiger partial charge in [-0.3, -0.25) is 14.2 Å². The molecule has 0 saturated carbocycles. The molecule has 2 aromatic carbocycles. The Labute approximate surface area is 188 Å². The number of aromatic nitrogens is 2. The number of ether oxygens (including phenoxy) is 2. The van der Waals surface area contributed by atoms with E-state index in [1.165, 1.54) is 10.9 Å². The highest BCUT2D eigenvalue weighted by Crippen LogP contribution is 2.22. The Bertz CT molecular complexity index is 1140. The van der Waals surface area contributed by atoms with Crippen LogP contribution >= 0.6 is 15.9 Å². The SMILES string of the molecule is COc1ccccc1CN(CC1CCCO1)C(=O)Cn1cnc2ccc(Br)cc2c1=O. The molecule has 1 atom stereocenters. The minimum absolute atomic E-state index is 0.000984. The zero-order valence-electron chi connectivity index (χ0n) is 17.3. The summed E-state index contributed by atoms with van der Waals surface area (Å²) < 4.78 is 13.4. The second-order valence-electron chi connectivity index (χ2n) is 7.56. The van der Waals surface area contributed by atoms with E-state index in [1.54, 1.807) is 24.1 Å². The van der Waals surface area contributed by atoms with Crippen LogP contribution in [0, 0.1) is 0 Å². The number of hydrogen-bond acceptors (Lipinski definition) is 5. The first-order valence-corrected chi connectivity index (χ1v) is 11.0. The Hall–Kier alpha value is -2.71. The van der Waals surface area contributed by atoms with Gasteiger partial charge in [-0.05, 0) is 37.1 Å². The summed E-state index contributed by atoms with van der Waals surface area (Å²) in [6.07, 6.45) is 3.34. The van der Waals surface area contributed by atoms with E-state index in [0.717, 1.165) is 28.6 Å². The molecule has 1 amide bonds. The van der Waals surface area contributed by atoms with E-state index in [2.05, 4.69) is 20.9 Å². The molecule has 0 radical (unpaired) electrons. The second kappa shape index (κ2) is 9.62. The molecule has 1 aromatic heterocycles. The highest BCUT2D eigenvalue weighted by molar-refractivity contribution is 9.10. The van der Waals surface area contributed by atoms with Crippen LogP contribution in [0.3, 0.4) is 0 Å². The van der Waals surface area contributed by atoms with Gasteiger partial charge in [-0.2, -0.15) is 0 Å². The third kappa shape index (κ3) is 4.97. The van der Waals surface area contributed by atoms with Crippen LogP contribution in [-0.4, -0.2) is 46.7 Å². The van der Waals surface area contributed by atoms with Gasteiger partial charge in [0.2, 0.25) is 5.91 Å². The fourth-order valence-electron chi connectivity index (χ4n) is 3.82. The van der Waals surface area contributed by atoms with Crippen LogP contribution in [0.5, 0.6) is 5.75 Å². The van der Waals surface area contributed by atoms with Gasteiger partial charge in [-0.25, -0.2) is 4.98 Å². The van der Waals surface area contributed by atoms with Crippen LogP contribution in [-0.2, 0) is 22.6 Å². The Morgan fingerprint density at radius 1 is 1.32 bits per heavy atom. The number of rotatable bonds is 7. The van der Waals surface area contributed by atoms with Crippen LogP contribution < -0.4 is 10.3 Å². The Balaban J connectivity index is 1.60. The van der Waals surface area contributed by atoms with Crippen molar-refractivity contribution in [1.82, 2.24) is 14.5 Å². The van der Waals surface area contributed by atoms with Crippen molar-refractivity contribution in [3.05, 3.63) is 69.2 Å². The molecular formula is C23H24BrN3O4. The van der Waals surface area contributed by atoms with E-state index in [0.29, 0.717) is 30.6 Å². The zero-order valence-corrected chi connectivity index (χ0v) is 18.9. The molecule has 1 aliphatic heterocycles. The van der Waals surface area contributed by atoms with Crippen LogP contribution in [0.15, 0.2) is 58.1 Å². The number of hydrogen-bond donors (Lipinski definition) is 0. The molecule has 1 fully saturated rings. The Kier molecular flexibility index (Phi) is 6.67. The highest BCUT2D eigenvalue weighted by Gasteiger charge is 2.24. The summed E-state index contributed by atoms with van der Waals surface area (Å²) in [5, 5.41) is 0.472. The number of carbonyl (C=O) groups is 1. The van der Waals surface area contributed by atoms with Crippen molar-refractivity contribution in [2.75, 3.05) is 20.3 Å². The summed E-state index contributed by atoms with van der Waals surface area (Å²) in [6.45, 7) is 1.47. The number of halogens is 1. The van der Waals surface area contributed by atoms with Gasteiger partial charge in [-0.1, -0.05) is 34.1 Å². The monoisotopic (exact) mass is 485 g/mol. The largest absolute Gasteiger partial charge is 0.496 e. The molecule has 0 bridgehead atoms. The lowest BCUT2D eigenvalue weighted by Gasteiger charge is -2.26. The first-order chi connectivity index (χ1) is 15.0. The maximum absolute atomic E-state index is 13.3. The normalized spacial score (nSPS) is 15.9. The second-order valence-corrected chi connectivity index (χ2v) is 8.48. The summed E-state index contributed by atoms with van der Waals surface area (Å²) in [6, 6.07) is 13.0. The quantitative estimate of drug-likeness (QED) is 0.512. The van der Waals surface area contributed by atoms with Gasteiger partial charge in [0.15, 0.2) is 0 Å². The van der Waals surface area contributed by atoms with E-state index in [-0.39, 0.29) is 24.1 Å². The smallest absolute Gasteiger partial charge is 0.261 e. The summed E-state index contributed by atoms with van der Waals surface area (Å²) in [7, 11) is 1.61. The summed E-state index contributed by atoms with van der Waals surface area (Å²) >= 11 is 3.39. The van der Waals surface area contributed by atoms with Crippen LogP contribution in [0.1, 0.15) is 18.4 Å². The molecule has 0 spiro atoms. The van der Waals surface area contributed by atoms with Crippen LogP contribution in [0.25, 0.3) is 10.9 Å². The van der Waals surface area contributed by atoms with E-state index in [4.69, 9.17) is 9.47 Å². The lowest BCUT2D eigenvalue weighted by Crippen LogP contribution is -2.40. The predicted octanol–water partition coefficient (Wildman–Crippen LogP) is 3.38. The fourth-order valence-corrected chi connectivity index (χ4v) is 4.18. The first kappa shape index (κ1) is 21.5. The fraction of sp³-hybridized carbons (Fsp3) is 0.348. The van der Waals surface area contributed by atoms with Crippen LogP contribution in [0.4, 0.5) is 0 Å².